The van der Waals surface area contributed by atoms with Gasteiger partial charge in [-0.1, -0.05) is 0 Å². The van der Waals surface area contributed by atoms with Gasteiger partial charge in [0, 0.05) is 5.56 Å². The zero-order valence-electron chi connectivity index (χ0n) is 10.5. The molecule has 0 amide bonds. The summed E-state index contributed by atoms with van der Waals surface area (Å²) in [6.45, 7) is 1.82. The number of hydrogen-bond donors (Lipinski definition) is 2. The van der Waals surface area contributed by atoms with E-state index in [1.165, 1.54) is 10.9 Å². The van der Waals surface area contributed by atoms with Gasteiger partial charge in [0.1, 0.15) is 11.5 Å². The first-order valence-electron chi connectivity index (χ1n) is 5.43. The number of nitrogen functional groups attached to an aromatic ring is 1. The molecule has 3 N–H and O–H groups in total. The highest BCUT2D eigenvalue weighted by molar-refractivity contribution is 9.10. The minimum atomic E-state index is 0.0897. The van der Waals surface area contributed by atoms with Gasteiger partial charge in [0.05, 0.1) is 29.7 Å². The molecule has 0 saturated carbocycles. The molecule has 1 heterocycles. The van der Waals surface area contributed by atoms with Gasteiger partial charge in [0.25, 0.3) is 0 Å². The van der Waals surface area contributed by atoms with Crippen LogP contribution in [0.4, 0.5) is 5.95 Å². The lowest BCUT2D eigenvalue weighted by Gasteiger charge is -2.06. The zero-order valence-corrected chi connectivity index (χ0v) is 12.0. The lowest BCUT2D eigenvalue weighted by molar-refractivity contribution is 0.409. The van der Waals surface area contributed by atoms with Crippen molar-refractivity contribution in [2.75, 3.05) is 12.8 Å². The number of anilines is 1. The monoisotopic (exact) mass is 324 g/mol. The molecule has 0 unspecified atom stereocenters. The molecule has 7 heteroatoms. The lowest BCUT2D eigenvalue weighted by atomic mass is 10.2. The van der Waals surface area contributed by atoms with Crippen LogP contribution in [0.2, 0.25) is 0 Å². The Kier molecular flexibility index (Phi) is 3.75. The molecule has 0 aliphatic carbocycles. The number of hydrogen-bond acceptors (Lipinski definition) is 5. The molecule has 1 aromatic carbocycles. The average molecular weight is 325 g/mol. The molecule has 0 fully saturated rings. The van der Waals surface area contributed by atoms with E-state index in [0.29, 0.717) is 15.8 Å². The van der Waals surface area contributed by atoms with Gasteiger partial charge in [-0.3, -0.25) is 0 Å². The van der Waals surface area contributed by atoms with Crippen LogP contribution in [0.1, 0.15) is 11.3 Å². The Bertz CT molecular complexity index is 637. The first kappa shape index (κ1) is 13.4. The van der Waals surface area contributed by atoms with E-state index in [9.17, 15) is 5.11 Å². The largest absolute Gasteiger partial charge is 0.507 e. The molecule has 0 radical (unpaired) electrons. The van der Waals surface area contributed by atoms with E-state index in [1.54, 1.807) is 25.4 Å². The number of imidazole rings is 1. The smallest absolute Gasteiger partial charge is 0.221 e. The van der Waals surface area contributed by atoms with Gasteiger partial charge in [-0.25, -0.2) is 9.66 Å². The molecule has 0 aliphatic heterocycles. The van der Waals surface area contributed by atoms with Crippen LogP contribution >= 0.6 is 15.9 Å². The minimum absolute atomic E-state index is 0.0897. The maximum absolute atomic E-state index is 9.83. The number of halogens is 1. The Balaban J connectivity index is 2.35. The summed E-state index contributed by atoms with van der Waals surface area (Å²) < 4.78 is 7.26. The fourth-order valence-electron chi connectivity index (χ4n) is 1.54. The molecule has 0 aliphatic rings. The zero-order chi connectivity index (χ0) is 14.0. The Morgan fingerprint density at radius 3 is 2.84 bits per heavy atom. The van der Waals surface area contributed by atoms with E-state index in [-0.39, 0.29) is 11.7 Å². The van der Waals surface area contributed by atoms with Gasteiger partial charge >= 0.3 is 0 Å². The highest BCUT2D eigenvalue weighted by Gasteiger charge is 2.07. The van der Waals surface area contributed by atoms with Crippen molar-refractivity contribution in [1.29, 1.82) is 0 Å². The number of aromatic nitrogens is 2. The first-order chi connectivity index (χ1) is 9.01. The quantitative estimate of drug-likeness (QED) is 0.847. The number of methoxy groups -OCH3 is 1. The number of ether oxygens (including phenoxy) is 1. The molecule has 6 nitrogen and oxygen atoms in total. The third-order valence-corrected chi connectivity index (χ3v) is 3.08. The summed E-state index contributed by atoms with van der Waals surface area (Å²) in [5.74, 6) is 0.984. The number of phenolic OH excluding ortho intramolecular Hbond substituents is 1. The summed E-state index contributed by atoms with van der Waals surface area (Å²) in [5.41, 5.74) is 6.96. The van der Waals surface area contributed by atoms with Gasteiger partial charge in [-0.2, -0.15) is 5.10 Å². The summed E-state index contributed by atoms with van der Waals surface area (Å²) in [4.78, 5) is 4.03. The van der Waals surface area contributed by atoms with Crippen LogP contribution in [0.25, 0.3) is 0 Å². The summed E-state index contributed by atoms with van der Waals surface area (Å²) in [6.07, 6.45) is 3.18. The van der Waals surface area contributed by atoms with Crippen molar-refractivity contribution in [2.45, 2.75) is 6.92 Å². The van der Waals surface area contributed by atoms with Crippen molar-refractivity contribution in [3.8, 4) is 11.5 Å². The number of rotatable bonds is 3. The van der Waals surface area contributed by atoms with E-state index < -0.39 is 0 Å². The van der Waals surface area contributed by atoms with Crippen molar-refractivity contribution >= 4 is 28.1 Å². The number of nitrogens with two attached hydrogens (primary N) is 1. The van der Waals surface area contributed by atoms with Crippen molar-refractivity contribution in [2.24, 2.45) is 5.10 Å². The topological polar surface area (TPSA) is 85.7 Å². The van der Waals surface area contributed by atoms with Gasteiger partial charge < -0.3 is 15.6 Å². The third-order valence-electron chi connectivity index (χ3n) is 2.46. The molecule has 2 aromatic rings. The molecular formula is C12H13BrN4O2. The maximum Gasteiger partial charge on any atom is 0.221 e. The molecular weight excluding hydrogens is 312 g/mol. The van der Waals surface area contributed by atoms with Crippen LogP contribution in [0, 0.1) is 6.92 Å². The summed E-state index contributed by atoms with van der Waals surface area (Å²) in [6, 6.07) is 3.21. The average Bonchev–Trinajstić information content (AvgIpc) is 2.67. The molecule has 100 valence electrons. The number of aromatic hydroxyl groups is 1. The van der Waals surface area contributed by atoms with Crippen LogP contribution in [-0.4, -0.2) is 28.1 Å². The van der Waals surface area contributed by atoms with Crippen LogP contribution < -0.4 is 10.5 Å². The molecule has 1 aromatic heterocycles. The Morgan fingerprint density at radius 1 is 1.53 bits per heavy atom. The van der Waals surface area contributed by atoms with Crippen LogP contribution in [0.3, 0.4) is 0 Å². The van der Waals surface area contributed by atoms with Crippen LogP contribution in [-0.2, 0) is 0 Å². The van der Waals surface area contributed by atoms with Crippen molar-refractivity contribution < 1.29 is 9.84 Å². The molecule has 0 spiro atoms. The van der Waals surface area contributed by atoms with E-state index in [2.05, 4.69) is 26.0 Å². The Morgan fingerprint density at radius 2 is 2.26 bits per heavy atom. The van der Waals surface area contributed by atoms with Crippen molar-refractivity contribution in [1.82, 2.24) is 9.66 Å². The normalized spacial score (nSPS) is 11.1. The van der Waals surface area contributed by atoms with Crippen molar-refractivity contribution in [3.05, 3.63) is 34.1 Å². The number of phenols is 1. The maximum atomic E-state index is 9.83. The summed E-state index contributed by atoms with van der Waals surface area (Å²) in [5, 5.41) is 14.0. The van der Waals surface area contributed by atoms with E-state index in [1.807, 2.05) is 6.92 Å². The van der Waals surface area contributed by atoms with Crippen molar-refractivity contribution in [3.63, 3.8) is 0 Å². The fraction of sp³-hybridized carbons (Fsp3) is 0.167. The van der Waals surface area contributed by atoms with Gasteiger partial charge in [-0.15, -0.1) is 0 Å². The number of aryl methyl sites for hydroxylation is 1. The minimum Gasteiger partial charge on any atom is -0.507 e. The fourth-order valence-corrected chi connectivity index (χ4v) is 2.03. The second-order valence-corrected chi connectivity index (χ2v) is 4.73. The van der Waals surface area contributed by atoms with Crippen LogP contribution in [0.15, 0.2) is 27.9 Å². The van der Waals surface area contributed by atoms with Gasteiger partial charge in [0.15, 0.2) is 0 Å². The molecule has 2 rings (SSSR count). The molecule has 0 bridgehead atoms. The SMILES string of the molecule is COc1cc(C=Nn2cc(C)nc2N)c(O)cc1Br. The highest BCUT2D eigenvalue weighted by Crippen LogP contribution is 2.31. The Hall–Kier alpha value is -2.02. The van der Waals surface area contributed by atoms with Crippen LogP contribution in [0.5, 0.6) is 11.5 Å². The highest BCUT2D eigenvalue weighted by atomic mass is 79.9. The van der Waals surface area contributed by atoms with E-state index >= 15 is 0 Å². The predicted octanol–water partition coefficient (Wildman–Crippen LogP) is 2.13. The van der Waals surface area contributed by atoms with Gasteiger partial charge in [0.2, 0.25) is 5.95 Å². The predicted molar refractivity (Wildman–Crippen MR) is 76.7 cm³/mol. The summed E-state index contributed by atoms with van der Waals surface area (Å²) >= 11 is 3.29. The van der Waals surface area contributed by atoms with E-state index in [4.69, 9.17) is 10.5 Å². The van der Waals surface area contributed by atoms with Gasteiger partial charge in [-0.05, 0) is 35.0 Å². The Labute approximate surface area is 118 Å². The second kappa shape index (κ2) is 5.31. The summed E-state index contributed by atoms with van der Waals surface area (Å²) in [7, 11) is 1.55. The third kappa shape index (κ3) is 2.87. The number of nitrogens with zero attached hydrogens (tertiary/aromatic N) is 3. The lowest BCUT2D eigenvalue weighted by Crippen LogP contribution is -1.97. The standard InChI is InChI=1S/C12H13BrN4O2/c1-7-6-17(12(14)16-7)15-5-8-3-11(19-2)9(13)4-10(8)18/h3-6,18H,1-2H3,(H2,14,16). The second-order valence-electron chi connectivity index (χ2n) is 3.88. The molecule has 0 saturated heterocycles. The molecule has 19 heavy (non-hydrogen) atoms. The number of benzene rings is 1. The van der Waals surface area contributed by atoms with E-state index in [0.717, 1.165) is 5.69 Å². The first-order valence-corrected chi connectivity index (χ1v) is 6.23. The molecule has 0 atom stereocenters.